The minimum Gasteiger partial charge on any atom is -0.372 e. The van der Waals surface area contributed by atoms with Crippen molar-refractivity contribution in [3.05, 3.63) is 60.7 Å². The summed E-state index contributed by atoms with van der Waals surface area (Å²) >= 11 is 0. The summed E-state index contributed by atoms with van der Waals surface area (Å²) in [6, 6.07) is 19.9. The van der Waals surface area contributed by atoms with Crippen molar-refractivity contribution in [2.45, 2.75) is 32.2 Å². The molecule has 3 rings (SSSR count). The van der Waals surface area contributed by atoms with E-state index in [1.54, 1.807) is 0 Å². The van der Waals surface area contributed by atoms with Crippen LogP contribution >= 0.6 is 0 Å². The maximum absolute atomic E-state index is 12.2. The van der Waals surface area contributed by atoms with Gasteiger partial charge in [-0.1, -0.05) is 36.4 Å². The van der Waals surface area contributed by atoms with Crippen LogP contribution in [-0.4, -0.2) is 62.1 Å². The van der Waals surface area contributed by atoms with Gasteiger partial charge in [0.05, 0.1) is 6.54 Å². The van der Waals surface area contributed by atoms with Crippen LogP contribution in [-0.2, 0) is 4.79 Å². The highest BCUT2D eigenvalue weighted by Gasteiger charge is 2.22. The van der Waals surface area contributed by atoms with Crippen LogP contribution in [0.3, 0.4) is 0 Å². The smallest absolute Gasteiger partial charge is 0.315 e. The SMILES string of the molecule is CCN(CCCNC(=O)NC1CCN(CC(=O)Nc2ccccc2)CC1)c1ccccc1. The van der Waals surface area contributed by atoms with Crippen LogP contribution in [0.4, 0.5) is 16.2 Å². The number of piperidine rings is 1. The molecule has 2 aromatic rings. The van der Waals surface area contributed by atoms with Gasteiger partial charge in [-0.3, -0.25) is 9.69 Å². The van der Waals surface area contributed by atoms with Gasteiger partial charge in [-0.25, -0.2) is 4.79 Å². The molecule has 0 unspecified atom stereocenters. The van der Waals surface area contributed by atoms with Crippen LogP contribution < -0.4 is 20.9 Å². The van der Waals surface area contributed by atoms with E-state index < -0.39 is 0 Å². The first-order valence-electron chi connectivity index (χ1n) is 11.6. The van der Waals surface area contributed by atoms with Crippen molar-refractivity contribution in [1.82, 2.24) is 15.5 Å². The van der Waals surface area contributed by atoms with Gasteiger partial charge in [-0.2, -0.15) is 0 Å². The average molecular weight is 438 g/mol. The first kappa shape index (κ1) is 23.6. The second-order valence-corrected chi connectivity index (χ2v) is 8.13. The second kappa shape index (κ2) is 12.7. The molecule has 0 bridgehead atoms. The highest BCUT2D eigenvalue weighted by Crippen LogP contribution is 2.13. The summed E-state index contributed by atoms with van der Waals surface area (Å²) in [6.07, 6.45) is 2.60. The first-order chi connectivity index (χ1) is 15.6. The fourth-order valence-corrected chi connectivity index (χ4v) is 3.98. The molecule has 1 saturated heterocycles. The third kappa shape index (κ3) is 7.89. The van der Waals surface area contributed by atoms with E-state index in [0.29, 0.717) is 13.1 Å². The van der Waals surface area contributed by atoms with Gasteiger partial charge in [0.1, 0.15) is 0 Å². The largest absolute Gasteiger partial charge is 0.372 e. The van der Waals surface area contributed by atoms with Gasteiger partial charge in [0.25, 0.3) is 0 Å². The monoisotopic (exact) mass is 437 g/mol. The number of carbonyl (C=O) groups excluding carboxylic acids is 2. The van der Waals surface area contributed by atoms with Gasteiger partial charge in [0.2, 0.25) is 5.91 Å². The molecular weight excluding hydrogens is 402 g/mol. The van der Waals surface area contributed by atoms with Crippen LogP contribution in [0, 0.1) is 0 Å². The molecule has 3 N–H and O–H groups in total. The molecular formula is C25H35N5O2. The Kier molecular flexibility index (Phi) is 9.37. The topological polar surface area (TPSA) is 76.7 Å². The lowest BCUT2D eigenvalue weighted by Gasteiger charge is -2.31. The van der Waals surface area contributed by atoms with Crippen molar-refractivity contribution in [2.75, 3.05) is 49.5 Å². The maximum Gasteiger partial charge on any atom is 0.315 e. The molecule has 0 radical (unpaired) electrons. The Hall–Kier alpha value is -3.06. The van der Waals surface area contributed by atoms with Crippen LogP contribution in [0.2, 0.25) is 0 Å². The number of amides is 3. The molecule has 7 heteroatoms. The summed E-state index contributed by atoms with van der Waals surface area (Å²) in [7, 11) is 0. The molecule has 1 aliphatic heterocycles. The van der Waals surface area contributed by atoms with E-state index in [2.05, 4.69) is 44.8 Å². The number of nitrogens with one attached hydrogen (secondary N) is 3. The summed E-state index contributed by atoms with van der Waals surface area (Å²) in [5.74, 6) is -0.00280. The van der Waals surface area contributed by atoms with Crippen LogP contribution in [0.15, 0.2) is 60.7 Å². The van der Waals surface area contributed by atoms with Crippen LogP contribution in [0.5, 0.6) is 0 Å². The zero-order valence-corrected chi connectivity index (χ0v) is 18.9. The number of hydrogen-bond acceptors (Lipinski definition) is 4. The molecule has 2 aromatic carbocycles. The normalized spacial score (nSPS) is 14.5. The summed E-state index contributed by atoms with van der Waals surface area (Å²) in [5.41, 5.74) is 2.03. The van der Waals surface area contributed by atoms with Gasteiger partial charge >= 0.3 is 6.03 Å². The van der Waals surface area contributed by atoms with Crippen LogP contribution in [0.1, 0.15) is 26.2 Å². The summed E-state index contributed by atoms with van der Waals surface area (Å²) in [6.45, 7) is 6.62. The van der Waals surface area contributed by atoms with Crippen molar-refractivity contribution in [3.8, 4) is 0 Å². The lowest BCUT2D eigenvalue weighted by atomic mass is 10.1. The molecule has 0 aliphatic carbocycles. The number of likely N-dealkylation sites (tertiary alicyclic amines) is 1. The molecule has 0 saturated carbocycles. The van der Waals surface area contributed by atoms with Crippen molar-refractivity contribution in [3.63, 3.8) is 0 Å². The molecule has 1 fully saturated rings. The Balaban J connectivity index is 1.28. The third-order valence-corrected chi connectivity index (χ3v) is 5.74. The molecule has 7 nitrogen and oxygen atoms in total. The lowest BCUT2D eigenvalue weighted by molar-refractivity contribution is -0.117. The van der Waals surface area contributed by atoms with Crippen molar-refractivity contribution >= 4 is 23.3 Å². The molecule has 1 aliphatic rings. The van der Waals surface area contributed by atoms with E-state index in [0.717, 1.165) is 51.1 Å². The Morgan fingerprint density at radius 3 is 2.31 bits per heavy atom. The Bertz CT molecular complexity index is 823. The highest BCUT2D eigenvalue weighted by atomic mass is 16.2. The van der Waals surface area contributed by atoms with E-state index in [1.165, 1.54) is 5.69 Å². The average Bonchev–Trinajstić information content (AvgIpc) is 2.81. The zero-order valence-electron chi connectivity index (χ0n) is 18.9. The van der Waals surface area contributed by atoms with Gasteiger partial charge in [0.15, 0.2) is 0 Å². The van der Waals surface area contributed by atoms with Gasteiger partial charge in [-0.15, -0.1) is 0 Å². The maximum atomic E-state index is 12.2. The fourth-order valence-electron chi connectivity index (χ4n) is 3.98. The van der Waals surface area contributed by atoms with Crippen molar-refractivity contribution < 1.29 is 9.59 Å². The summed E-state index contributed by atoms with van der Waals surface area (Å²) < 4.78 is 0. The standard InChI is InChI=1S/C25H35N5O2/c1-2-30(23-12-7-4-8-13-23)17-9-16-26-25(32)28-22-14-18-29(19-15-22)20-24(31)27-21-10-5-3-6-11-21/h3-8,10-13,22H,2,9,14-20H2,1H3,(H,27,31)(H2,26,28,32). The minimum atomic E-state index is -0.104. The second-order valence-electron chi connectivity index (χ2n) is 8.13. The Morgan fingerprint density at radius 1 is 1.00 bits per heavy atom. The molecule has 172 valence electrons. The molecule has 0 atom stereocenters. The molecule has 3 amide bonds. The predicted molar refractivity (Wildman–Crippen MR) is 130 cm³/mol. The summed E-state index contributed by atoms with van der Waals surface area (Å²) in [4.78, 5) is 28.9. The zero-order chi connectivity index (χ0) is 22.6. The first-order valence-corrected chi connectivity index (χ1v) is 11.6. The molecule has 0 aromatic heterocycles. The number of benzene rings is 2. The Morgan fingerprint density at radius 2 is 1.66 bits per heavy atom. The number of rotatable bonds is 10. The Labute approximate surface area is 191 Å². The van der Waals surface area contributed by atoms with E-state index >= 15 is 0 Å². The van der Waals surface area contributed by atoms with Gasteiger partial charge in [-0.05, 0) is 50.5 Å². The lowest BCUT2D eigenvalue weighted by Crippen LogP contribution is -2.49. The van der Waals surface area contributed by atoms with E-state index in [4.69, 9.17) is 0 Å². The fraction of sp³-hybridized carbons (Fsp3) is 0.440. The van der Waals surface area contributed by atoms with Crippen molar-refractivity contribution in [1.29, 1.82) is 0 Å². The van der Waals surface area contributed by atoms with Crippen molar-refractivity contribution in [2.24, 2.45) is 0 Å². The molecule has 1 heterocycles. The number of hydrogen-bond donors (Lipinski definition) is 3. The molecule has 32 heavy (non-hydrogen) atoms. The number of carbonyl (C=O) groups is 2. The molecule has 0 spiro atoms. The van der Waals surface area contributed by atoms with E-state index in [-0.39, 0.29) is 18.0 Å². The highest BCUT2D eigenvalue weighted by molar-refractivity contribution is 5.92. The number of anilines is 2. The predicted octanol–water partition coefficient (Wildman–Crippen LogP) is 3.31. The van der Waals surface area contributed by atoms with Gasteiger partial charge in [0, 0.05) is 50.1 Å². The van der Waals surface area contributed by atoms with E-state index in [1.807, 2.05) is 48.5 Å². The quantitative estimate of drug-likeness (QED) is 0.499. The summed E-state index contributed by atoms with van der Waals surface area (Å²) in [5, 5.41) is 8.97. The number of nitrogens with zero attached hydrogens (tertiary/aromatic N) is 2. The van der Waals surface area contributed by atoms with Gasteiger partial charge < -0.3 is 20.9 Å². The number of urea groups is 1. The van der Waals surface area contributed by atoms with E-state index in [9.17, 15) is 9.59 Å². The minimum absolute atomic E-state index is 0.00280. The number of para-hydroxylation sites is 2. The third-order valence-electron chi connectivity index (χ3n) is 5.74. The van der Waals surface area contributed by atoms with Crippen LogP contribution in [0.25, 0.3) is 0 Å².